The van der Waals surface area contributed by atoms with Gasteiger partial charge in [-0.25, -0.2) is 9.18 Å². The van der Waals surface area contributed by atoms with E-state index in [2.05, 4.69) is 0 Å². The highest BCUT2D eigenvalue weighted by Gasteiger charge is 2.43. The molecule has 1 N–H and O–H groups in total. The van der Waals surface area contributed by atoms with Gasteiger partial charge in [-0.2, -0.15) is 0 Å². The monoisotopic (exact) mass is 340 g/mol. The summed E-state index contributed by atoms with van der Waals surface area (Å²) >= 11 is 0. The Morgan fingerprint density at radius 3 is 2.52 bits per heavy atom. The van der Waals surface area contributed by atoms with Crippen LogP contribution in [-0.2, 0) is 9.53 Å². The van der Waals surface area contributed by atoms with Crippen LogP contribution in [0.3, 0.4) is 0 Å². The highest BCUT2D eigenvalue weighted by molar-refractivity contribution is 6.07. The second kappa shape index (κ2) is 6.53. The number of ether oxygens (including phenoxy) is 2. The van der Waals surface area contributed by atoms with E-state index < -0.39 is 17.6 Å². The van der Waals surface area contributed by atoms with Gasteiger partial charge in [0.15, 0.2) is 11.6 Å². The van der Waals surface area contributed by atoms with E-state index in [0.717, 1.165) is 5.56 Å². The summed E-state index contributed by atoms with van der Waals surface area (Å²) in [6.07, 6.45) is 3.28. The first-order valence-electron chi connectivity index (χ1n) is 7.70. The summed E-state index contributed by atoms with van der Waals surface area (Å²) in [5.41, 5.74) is 1.46. The average molecular weight is 340 g/mol. The zero-order chi connectivity index (χ0) is 18.0. The molecule has 0 amide bonds. The molecule has 3 rings (SSSR count). The highest BCUT2D eigenvalue weighted by atomic mass is 19.1. The van der Waals surface area contributed by atoms with Gasteiger partial charge in [-0.1, -0.05) is 48.5 Å². The van der Waals surface area contributed by atoms with Crippen LogP contribution in [0.15, 0.2) is 60.2 Å². The number of esters is 1. The zero-order valence-electron chi connectivity index (χ0n) is 13.8. The van der Waals surface area contributed by atoms with Crippen molar-refractivity contribution in [1.29, 1.82) is 0 Å². The van der Waals surface area contributed by atoms with Crippen LogP contribution in [0.4, 0.5) is 4.39 Å². The fourth-order valence-corrected chi connectivity index (χ4v) is 2.84. The Labute approximate surface area is 144 Å². The molecule has 0 saturated heterocycles. The van der Waals surface area contributed by atoms with E-state index in [1.807, 2.05) is 30.3 Å². The van der Waals surface area contributed by atoms with Gasteiger partial charge in [-0.15, -0.1) is 0 Å². The number of halogens is 1. The smallest absolute Gasteiger partial charge is 0.341 e. The quantitative estimate of drug-likeness (QED) is 0.865. The minimum Gasteiger partial charge on any atom is -0.493 e. The third kappa shape index (κ3) is 3.19. The lowest BCUT2D eigenvalue weighted by Crippen LogP contribution is -2.26. The fraction of sp³-hybridized carbons (Fsp3) is 0.150. The predicted molar refractivity (Wildman–Crippen MR) is 92.1 cm³/mol. The van der Waals surface area contributed by atoms with Crippen molar-refractivity contribution in [1.82, 2.24) is 0 Å². The van der Waals surface area contributed by atoms with E-state index >= 15 is 0 Å². The minimum absolute atomic E-state index is 0.0540. The largest absolute Gasteiger partial charge is 0.493 e. The Kier molecular flexibility index (Phi) is 4.42. The van der Waals surface area contributed by atoms with Gasteiger partial charge >= 0.3 is 5.97 Å². The van der Waals surface area contributed by atoms with Crippen molar-refractivity contribution in [2.24, 2.45) is 0 Å². The van der Waals surface area contributed by atoms with Crippen LogP contribution in [-0.4, -0.2) is 24.0 Å². The second-order valence-corrected chi connectivity index (χ2v) is 5.73. The van der Waals surface area contributed by atoms with Gasteiger partial charge in [-0.3, -0.25) is 0 Å². The fourth-order valence-electron chi connectivity index (χ4n) is 2.84. The molecule has 1 heterocycles. The molecule has 0 fully saturated rings. The summed E-state index contributed by atoms with van der Waals surface area (Å²) in [5, 5.41) is 10.5. The van der Waals surface area contributed by atoms with E-state index in [0.29, 0.717) is 0 Å². The van der Waals surface area contributed by atoms with E-state index in [1.165, 1.54) is 26.2 Å². The van der Waals surface area contributed by atoms with Gasteiger partial charge in [0, 0.05) is 18.1 Å². The second-order valence-electron chi connectivity index (χ2n) is 5.73. The minimum atomic E-state index is -1.88. The third-order valence-electron chi connectivity index (χ3n) is 3.93. The SMILES string of the molecule is COc1c(F)cccc1C1=C(/C=C/c2ccccc2)C(=O)OC1(C)O. The molecule has 1 aliphatic rings. The van der Waals surface area contributed by atoms with E-state index in [9.17, 15) is 14.3 Å². The first-order valence-corrected chi connectivity index (χ1v) is 7.70. The topological polar surface area (TPSA) is 55.8 Å². The van der Waals surface area contributed by atoms with Gasteiger partial charge in [0.2, 0.25) is 5.79 Å². The summed E-state index contributed by atoms with van der Waals surface area (Å²) in [5.74, 6) is -3.21. The first kappa shape index (κ1) is 16.9. The molecule has 0 saturated carbocycles. The normalized spacial score (nSPS) is 20.2. The molecule has 25 heavy (non-hydrogen) atoms. The van der Waals surface area contributed by atoms with Crippen molar-refractivity contribution in [3.05, 3.63) is 77.1 Å². The number of carbonyl (C=O) groups is 1. The summed E-state index contributed by atoms with van der Waals surface area (Å²) < 4.78 is 24.2. The molecule has 0 aromatic heterocycles. The molecule has 0 spiro atoms. The van der Waals surface area contributed by atoms with Crippen LogP contribution >= 0.6 is 0 Å². The number of aliphatic hydroxyl groups is 1. The van der Waals surface area contributed by atoms with Crippen molar-refractivity contribution in [3.63, 3.8) is 0 Å². The molecular weight excluding hydrogens is 323 g/mol. The van der Waals surface area contributed by atoms with Gasteiger partial charge < -0.3 is 14.6 Å². The number of benzene rings is 2. The van der Waals surface area contributed by atoms with Gasteiger partial charge in [0.25, 0.3) is 0 Å². The van der Waals surface area contributed by atoms with Gasteiger partial charge in [0.05, 0.1) is 12.7 Å². The molecule has 0 radical (unpaired) electrons. The lowest BCUT2D eigenvalue weighted by atomic mass is 9.94. The first-order chi connectivity index (χ1) is 11.9. The molecule has 1 atom stereocenters. The lowest BCUT2D eigenvalue weighted by molar-refractivity contribution is -0.170. The molecular formula is C20H17FO4. The molecule has 4 nitrogen and oxygen atoms in total. The number of cyclic esters (lactones) is 1. The highest BCUT2D eigenvalue weighted by Crippen LogP contribution is 2.42. The molecule has 128 valence electrons. The van der Waals surface area contributed by atoms with Crippen molar-refractivity contribution in [2.45, 2.75) is 12.7 Å². The van der Waals surface area contributed by atoms with E-state index in [-0.39, 0.29) is 22.5 Å². The molecule has 1 unspecified atom stereocenters. The average Bonchev–Trinajstić information content (AvgIpc) is 2.81. The summed E-state index contributed by atoms with van der Waals surface area (Å²) in [7, 11) is 1.33. The van der Waals surface area contributed by atoms with Crippen LogP contribution in [0.2, 0.25) is 0 Å². The van der Waals surface area contributed by atoms with Crippen molar-refractivity contribution < 1.29 is 23.8 Å². The number of rotatable bonds is 4. The Balaban J connectivity index is 2.17. The third-order valence-corrected chi connectivity index (χ3v) is 3.93. The molecule has 0 aliphatic carbocycles. The van der Waals surface area contributed by atoms with Crippen LogP contribution in [0.25, 0.3) is 11.6 Å². The van der Waals surface area contributed by atoms with Crippen LogP contribution in [0.1, 0.15) is 18.1 Å². The van der Waals surface area contributed by atoms with Crippen LogP contribution in [0, 0.1) is 5.82 Å². The van der Waals surface area contributed by atoms with Gasteiger partial charge in [0.1, 0.15) is 0 Å². The van der Waals surface area contributed by atoms with Gasteiger partial charge in [-0.05, 0) is 17.7 Å². The molecule has 0 bridgehead atoms. The Bertz CT molecular complexity index is 867. The Hall–Kier alpha value is -2.92. The maximum absolute atomic E-state index is 14.1. The lowest BCUT2D eigenvalue weighted by Gasteiger charge is -2.21. The van der Waals surface area contributed by atoms with Crippen molar-refractivity contribution >= 4 is 17.6 Å². The summed E-state index contributed by atoms with van der Waals surface area (Å²) in [4.78, 5) is 12.3. The standard InChI is InChI=1S/C20H17FO4/c1-20(23)17(14-9-6-10-16(21)18(14)24-2)15(19(22)25-20)12-11-13-7-4-3-5-8-13/h3-12,23H,1-2H3/b12-11+. The number of hydrogen-bond acceptors (Lipinski definition) is 4. The summed E-state index contributed by atoms with van der Waals surface area (Å²) in [6, 6.07) is 13.7. The number of methoxy groups -OCH3 is 1. The molecule has 5 heteroatoms. The predicted octanol–water partition coefficient (Wildman–Crippen LogP) is 3.57. The maximum atomic E-state index is 14.1. The van der Waals surface area contributed by atoms with Crippen LogP contribution in [0.5, 0.6) is 5.75 Å². The van der Waals surface area contributed by atoms with E-state index in [1.54, 1.807) is 18.2 Å². The molecule has 2 aromatic rings. The molecule has 2 aromatic carbocycles. The van der Waals surface area contributed by atoms with Crippen molar-refractivity contribution in [3.8, 4) is 5.75 Å². The maximum Gasteiger partial charge on any atom is 0.341 e. The zero-order valence-corrected chi connectivity index (χ0v) is 13.8. The number of carbonyl (C=O) groups excluding carboxylic acids is 1. The number of para-hydroxylation sites is 1. The Morgan fingerprint density at radius 1 is 1.12 bits per heavy atom. The Morgan fingerprint density at radius 2 is 1.84 bits per heavy atom. The number of hydrogen-bond donors (Lipinski definition) is 1. The molecule has 1 aliphatic heterocycles. The van der Waals surface area contributed by atoms with Crippen molar-refractivity contribution in [2.75, 3.05) is 7.11 Å². The van der Waals surface area contributed by atoms with Crippen LogP contribution < -0.4 is 4.74 Å². The summed E-state index contributed by atoms with van der Waals surface area (Å²) in [6.45, 7) is 1.34. The van der Waals surface area contributed by atoms with E-state index in [4.69, 9.17) is 9.47 Å².